The second kappa shape index (κ2) is 6.85. The lowest BCUT2D eigenvalue weighted by Crippen LogP contribution is -2.26. The largest absolute Gasteiger partial charge is 0.388 e. The molecule has 1 rings (SSSR count). The summed E-state index contributed by atoms with van der Waals surface area (Å²) in [6.45, 7) is 1.47. The maximum Gasteiger partial charge on any atom is 0.221 e. The molecule has 94 valence electrons. The van der Waals surface area contributed by atoms with Gasteiger partial charge in [-0.25, -0.2) is 0 Å². The Balaban J connectivity index is 2.44. The van der Waals surface area contributed by atoms with E-state index in [1.54, 1.807) is 13.2 Å². The Morgan fingerprint density at radius 1 is 1.47 bits per heavy atom. The van der Waals surface area contributed by atoms with Crippen molar-refractivity contribution >= 4 is 11.6 Å². The number of nitrogens with zero attached hydrogens (tertiary/aromatic N) is 2. The van der Waals surface area contributed by atoms with Crippen molar-refractivity contribution in [2.24, 2.45) is 0 Å². The Hall–Kier alpha value is -1.62. The van der Waals surface area contributed by atoms with Crippen molar-refractivity contribution in [3.8, 4) is 0 Å². The van der Waals surface area contributed by atoms with E-state index in [2.05, 4.69) is 20.5 Å². The van der Waals surface area contributed by atoms with Crippen LogP contribution in [0, 0.1) is 0 Å². The van der Waals surface area contributed by atoms with Gasteiger partial charge in [0.15, 0.2) is 0 Å². The average molecular weight is 236 g/mol. The maximum absolute atomic E-state index is 11.1. The Labute approximate surface area is 102 Å². The number of nitrogens with one attached hydrogen (secondary N) is 2. The quantitative estimate of drug-likeness (QED) is 0.763. The molecule has 0 bridgehead atoms. The summed E-state index contributed by atoms with van der Waals surface area (Å²) in [5, 5.41) is 5.69. The molecule has 1 aromatic rings. The van der Waals surface area contributed by atoms with Crippen molar-refractivity contribution in [3.63, 3.8) is 0 Å². The first-order valence-electron chi connectivity index (χ1n) is 5.67. The number of carbonyl (C=O) groups is 1. The molecule has 1 aromatic heterocycles. The molecule has 0 saturated carbocycles. The summed E-state index contributed by atoms with van der Waals surface area (Å²) in [6, 6.07) is 3.93. The summed E-state index contributed by atoms with van der Waals surface area (Å²) >= 11 is 0. The number of amides is 1. The highest BCUT2D eigenvalue weighted by Crippen LogP contribution is 2.08. The highest BCUT2D eigenvalue weighted by molar-refractivity contribution is 5.75. The Bertz CT molecular complexity index is 367. The molecule has 0 aliphatic heterocycles. The monoisotopic (exact) mass is 236 g/mol. The van der Waals surface area contributed by atoms with Crippen molar-refractivity contribution in [1.82, 2.24) is 15.2 Å². The lowest BCUT2D eigenvalue weighted by Gasteiger charge is -2.15. The van der Waals surface area contributed by atoms with Gasteiger partial charge in [0.1, 0.15) is 0 Å². The SMILES string of the molecule is CNC(=O)CCN(C)Cc1cc(NC)ccn1. The van der Waals surface area contributed by atoms with E-state index in [0.29, 0.717) is 6.42 Å². The minimum absolute atomic E-state index is 0.0637. The Morgan fingerprint density at radius 3 is 2.88 bits per heavy atom. The summed E-state index contributed by atoms with van der Waals surface area (Å²) in [5.74, 6) is 0.0637. The smallest absolute Gasteiger partial charge is 0.221 e. The summed E-state index contributed by atoms with van der Waals surface area (Å²) in [7, 11) is 5.52. The van der Waals surface area contributed by atoms with E-state index in [1.165, 1.54) is 0 Å². The van der Waals surface area contributed by atoms with Crippen molar-refractivity contribution in [2.45, 2.75) is 13.0 Å². The van der Waals surface area contributed by atoms with E-state index in [4.69, 9.17) is 0 Å². The fourth-order valence-corrected chi connectivity index (χ4v) is 1.49. The van der Waals surface area contributed by atoms with E-state index in [9.17, 15) is 4.79 Å². The zero-order valence-electron chi connectivity index (χ0n) is 10.7. The standard InChI is InChI=1S/C12H20N4O/c1-13-10-4-6-15-11(8-10)9-16(3)7-5-12(17)14-2/h4,6,8H,5,7,9H2,1-3H3,(H,13,15)(H,14,17). The molecule has 1 heterocycles. The molecule has 5 heteroatoms. The molecule has 0 aliphatic rings. The topological polar surface area (TPSA) is 57.3 Å². The molecule has 0 spiro atoms. The number of pyridine rings is 1. The first kappa shape index (κ1) is 13.4. The van der Waals surface area contributed by atoms with Crippen LogP contribution in [0.3, 0.4) is 0 Å². The molecule has 2 N–H and O–H groups in total. The molecule has 0 radical (unpaired) electrons. The van der Waals surface area contributed by atoms with Crippen molar-refractivity contribution in [1.29, 1.82) is 0 Å². The summed E-state index contributed by atoms with van der Waals surface area (Å²) in [6.07, 6.45) is 2.30. The van der Waals surface area contributed by atoms with Crippen LogP contribution in [0.15, 0.2) is 18.3 Å². The molecule has 0 fully saturated rings. The minimum Gasteiger partial charge on any atom is -0.388 e. The van der Waals surface area contributed by atoms with Crippen LogP contribution in [0.4, 0.5) is 5.69 Å². The van der Waals surface area contributed by atoms with Gasteiger partial charge in [-0.1, -0.05) is 0 Å². The molecular formula is C12H20N4O. The number of aromatic nitrogens is 1. The highest BCUT2D eigenvalue weighted by atomic mass is 16.1. The van der Waals surface area contributed by atoms with Gasteiger partial charge in [0.25, 0.3) is 0 Å². The van der Waals surface area contributed by atoms with Crippen LogP contribution in [-0.2, 0) is 11.3 Å². The molecule has 0 atom stereocenters. The van der Waals surface area contributed by atoms with E-state index in [1.807, 2.05) is 26.2 Å². The van der Waals surface area contributed by atoms with Gasteiger partial charge in [0.2, 0.25) is 5.91 Å². The Kier molecular flexibility index (Phi) is 5.42. The highest BCUT2D eigenvalue weighted by Gasteiger charge is 2.04. The molecule has 17 heavy (non-hydrogen) atoms. The number of hydrogen-bond donors (Lipinski definition) is 2. The van der Waals surface area contributed by atoms with Crippen molar-refractivity contribution in [3.05, 3.63) is 24.0 Å². The third-order valence-electron chi connectivity index (χ3n) is 2.54. The molecule has 0 aromatic carbocycles. The normalized spacial score (nSPS) is 10.4. The number of rotatable bonds is 6. The van der Waals surface area contributed by atoms with Crippen LogP contribution >= 0.6 is 0 Å². The summed E-state index contributed by atoms with van der Waals surface area (Å²) < 4.78 is 0. The lowest BCUT2D eigenvalue weighted by molar-refractivity contribution is -0.120. The third-order valence-corrected chi connectivity index (χ3v) is 2.54. The van der Waals surface area contributed by atoms with Gasteiger partial charge in [-0.15, -0.1) is 0 Å². The second-order valence-corrected chi connectivity index (χ2v) is 3.95. The van der Waals surface area contributed by atoms with Gasteiger partial charge in [0.05, 0.1) is 5.69 Å². The number of anilines is 1. The van der Waals surface area contributed by atoms with Crippen molar-refractivity contribution < 1.29 is 4.79 Å². The number of carbonyl (C=O) groups excluding carboxylic acids is 1. The fraction of sp³-hybridized carbons (Fsp3) is 0.500. The van der Waals surface area contributed by atoms with Crippen LogP contribution in [0.1, 0.15) is 12.1 Å². The van der Waals surface area contributed by atoms with Gasteiger partial charge >= 0.3 is 0 Å². The second-order valence-electron chi connectivity index (χ2n) is 3.95. The lowest BCUT2D eigenvalue weighted by atomic mass is 10.3. The van der Waals surface area contributed by atoms with Gasteiger partial charge in [0, 0.05) is 45.5 Å². The number of hydrogen-bond acceptors (Lipinski definition) is 4. The van der Waals surface area contributed by atoms with Crippen LogP contribution in [0.5, 0.6) is 0 Å². The molecule has 5 nitrogen and oxygen atoms in total. The van der Waals surface area contributed by atoms with Crippen molar-refractivity contribution in [2.75, 3.05) is 33.0 Å². The summed E-state index contributed by atoms with van der Waals surface area (Å²) in [4.78, 5) is 17.5. The van der Waals surface area contributed by atoms with E-state index < -0.39 is 0 Å². The minimum atomic E-state index is 0.0637. The van der Waals surface area contributed by atoms with Crippen LogP contribution in [0.2, 0.25) is 0 Å². The van der Waals surface area contributed by atoms with Gasteiger partial charge < -0.3 is 15.5 Å². The predicted octanol–water partition coefficient (Wildman–Crippen LogP) is 0.691. The first-order valence-corrected chi connectivity index (χ1v) is 5.67. The molecular weight excluding hydrogens is 216 g/mol. The van der Waals surface area contributed by atoms with Crippen LogP contribution < -0.4 is 10.6 Å². The molecule has 0 saturated heterocycles. The zero-order valence-corrected chi connectivity index (χ0v) is 10.7. The van der Waals surface area contributed by atoms with E-state index >= 15 is 0 Å². The van der Waals surface area contributed by atoms with Gasteiger partial charge in [-0.3, -0.25) is 9.78 Å². The van der Waals surface area contributed by atoms with Gasteiger partial charge in [-0.05, 0) is 19.2 Å². The van der Waals surface area contributed by atoms with E-state index in [0.717, 1.165) is 24.5 Å². The molecule has 0 aliphatic carbocycles. The predicted molar refractivity (Wildman–Crippen MR) is 68.8 cm³/mol. The maximum atomic E-state index is 11.1. The average Bonchev–Trinajstić information content (AvgIpc) is 2.36. The van der Waals surface area contributed by atoms with Crippen LogP contribution in [-0.4, -0.2) is 43.5 Å². The van der Waals surface area contributed by atoms with E-state index in [-0.39, 0.29) is 5.91 Å². The first-order chi connectivity index (χ1) is 8.15. The molecule has 0 unspecified atom stereocenters. The summed E-state index contributed by atoms with van der Waals surface area (Å²) in [5.41, 5.74) is 2.05. The van der Waals surface area contributed by atoms with Gasteiger partial charge in [-0.2, -0.15) is 0 Å². The zero-order chi connectivity index (χ0) is 12.7. The van der Waals surface area contributed by atoms with Crippen LogP contribution in [0.25, 0.3) is 0 Å². The molecule has 1 amide bonds. The fourth-order valence-electron chi connectivity index (χ4n) is 1.49. The Morgan fingerprint density at radius 2 is 2.24 bits per heavy atom. The third kappa shape index (κ3) is 4.82.